The van der Waals surface area contributed by atoms with Gasteiger partial charge in [0.15, 0.2) is 5.13 Å². The Morgan fingerprint density at radius 2 is 1.94 bits per heavy atom. The molecule has 18 heavy (non-hydrogen) atoms. The van der Waals surface area contributed by atoms with E-state index in [-0.39, 0.29) is 6.10 Å². The smallest absolute Gasteiger partial charge is 0.197 e. The van der Waals surface area contributed by atoms with E-state index < -0.39 is 0 Å². The van der Waals surface area contributed by atoms with E-state index in [0.29, 0.717) is 0 Å². The first-order valence-electron chi connectivity index (χ1n) is 5.81. The molecule has 3 N–H and O–H groups in total. The zero-order chi connectivity index (χ0) is 13.1. The van der Waals surface area contributed by atoms with Crippen molar-refractivity contribution in [1.82, 2.24) is 4.98 Å². The van der Waals surface area contributed by atoms with Crippen LogP contribution in [-0.4, -0.2) is 11.1 Å². The van der Waals surface area contributed by atoms with Crippen LogP contribution < -0.4 is 16.0 Å². The predicted octanol–water partition coefficient (Wildman–Crippen LogP) is 3.19. The lowest BCUT2D eigenvalue weighted by Gasteiger charge is -2.09. The van der Waals surface area contributed by atoms with Crippen LogP contribution in [0.5, 0.6) is 5.75 Å². The molecule has 1 aromatic carbocycles. The van der Waals surface area contributed by atoms with Gasteiger partial charge in [0.2, 0.25) is 0 Å². The molecule has 0 bridgehead atoms. The molecule has 0 fully saturated rings. The molecule has 0 atom stereocenters. The highest BCUT2D eigenvalue weighted by molar-refractivity contribution is 7.19. The zero-order valence-electron chi connectivity index (χ0n) is 10.7. The Morgan fingerprint density at radius 1 is 1.28 bits per heavy atom. The van der Waals surface area contributed by atoms with Gasteiger partial charge in [0.05, 0.1) is 16.7 Å². The first-order chi connectivity index (χ1) is 8.60. The van der Waals surface area contributed by atoms with Gasteiger partial charge in [0.1, 0.15) is 5.75 Å². The third-order valence-corrected chi connectivity index (χ3v) is 3.55. The van der Waals surface area contributed by atoms with Crippen molar-refractivity contribution >= 4 is 16.5 Å². The van der Waals surface area contributed by atoms with E-state index in [1.54, 1.807) is 11.3 Å². The number of aromatic nitrogens is 1. The third-order valence-electron chi connectivity index (χ3n) is 2.41. The highest BCUT2D eigenvalue weighted by atomic mass is 32.1. The number of nitrogens with zero attached hydrogens (tertiary/aromatic N) is 1. The molecule has 4 nitrogen and oxygen atoms in total. The van der Waals surface area contributed by atoms with E-state index in [0.717, 1.165) is 27.0 Å². The van der Waals surface area contributed by atoms with Crippen LogP contribution in [0.1, 0.15) is 19.5 Å². The summed E-state index contributed by atoms with van der Waals surface area (Å²) in [6.45, 7) is 6.01. The van der Waals surface area contributed by atoms with Gasteiger partial charge < -0.3 is 4.74 Å². The second-order valence-electron chi connectivity index (χ2n) is 4.27. The number of nitrogen functional groups attached to an aromatic ring is 1. The van der Waals surface area contributed by atoms with Gasteiger partial charge in [-0.1, -0.05) is 11.3 Å². The first kappa shape index (κ1) is 12.9. The van der Waals surface area contributed by atoms with Crippen molar-refractivity contribution in [3.05, 3.63) is 30.0 Å². The minimum Gasteiger partial charge on any atom is -0.491 e. The molecule has 0 unspecified atom stereocenters. The van der Waals surface area contributed by atoms with Crippen LogP contribution in [0.2, 0.25) is 0 Å². The van der Waals surface area contributed by atoms with Crippen molar-refractivity contribution in [1.29, 1.82) is 0 Å². The Kier molecular flexibility index (Phi) is 3.84. The van der Waals surface area contributed by atoms with E-state index in [9.17, 15) is 0 Å². The maximum Gasteiger partial charge on any atom is 0.197 e. The van der Waals surface area contributed by atoms with Crippen molar-refractivity contribution in [2.24, 2.45) is 5.84 Å². The maximum absolute atomic E-state index is 5.62. The number of rotatable bonds is 4. The average molecular weight is 263 g/mol. The molecule has 0 spiro atoms. The number of benzene rings is 1. The van der Waals surface area contributed by atoms with Crippen molar-refractivity contribution in [2.45, 2.75) is 26.9 Å². The number of hydrogen-bond acceptors (Lipinski definition) is 5. The van der Waals surface area contributed by atoms with E-state index in [4.69, 9.17) is 10.6 Å². The summed E-state index contributed by atoms with van der Waals surface area (Å²) < 4.78 is 5.62. The minimum atomic E-state index is 0.189. The van der Waals surface area contributed by atoms with E-state index >= 15 is 0 Å². The Bertz CT molecular complexity index is 520. The number of nitrogens with one attached hydrogen (secondary N) is 1. The highest BCUT2D eigenvalue weighted by Crippen LogP contribution is 2.33. The molecule has 0 aliphatic carbocycles. The maximum atomic E-state index is 5.62. The largest absolute Gasteiger partial charge is 0.491 e. The van der Waals surface area contributed by atoms with E-state index in [1.807, 2.05) is 45.0 Å². The molecule has 0 saturated carbocycles. The van der Waals surface area contributed by atoms with Gasteiger partial charge >= 0.3 is 0 Å². The van der Waals surface area contributed by atoms with Crippen molar-refractivity contribution in [3.63, 3.8) is 0 Å². The second-order valence-corrected chi connectivity index (χ2v) is 5.27. The Hall–Kier alpha value is -1.59. The summed E-state index contributed by atoms with van der Waals surface area (Å²) in [6.07, 6.45) is 0.189. The standard InChI is InChI=1S/C13H17N3OS/c1-8(2)17-11-6-4-10(5-7-11)12-9(3)15-13(16-14)18-12/h4-8H,14H2,1-3H3,(H,15,16). The van der Waals surface area contributed by atoms with Gasteiger partial charge in [-0.2, -0.15) is 0 Å². The monoisotopic (exact) mass is 263 g/mol. The van der Waals surface area contributed by atoms with E-state index in [1.165, 1.54) is 0 Å². The lowest BCUT2D eigenvalue weighted by atomic mass is 10.1. The number of aryl methyl sites for hydroxylation is 1. The number of nitrogens with two attached hydrogens (primary N) is 1. The molecule has 0 amide bonds. The molecule has 0 radical (unpaired) electrons. The molecule has 0 aliphatic heterocycles. The summed E-state index contributed by atoms with van der Waals surface area (Å²) in [6, 6.07) is 8.03. The molecule has 1 heterocycles. The van der Waals surface area contributed by atoms with Gasteiger partial charge in [-0.25, -0.2) is 10.8 Å². The van der Waals surface area contributed by atoms with Crippen LogP contribution in [0, 0.1) is 6.92 Å². The molecule has 2 rings (SSSR count). The fourth-order valence-electron chi connectivity index (χ4n) is 1.68. The third kappa shape index (κ3) is 2.80. The number of anilines is 1. The van der Waals surface area contributed by atoms with Gasteiger partial charge in [0.25, 0.3) is 0 Å². The molecule has 1 aromatic heterocycles. The molecular weight excluding hydrogens is 246 g/mol. The lowest BCUT2D eigenvalue weighted by molar-refractivity contribution is 0.242. The quantitative estimate of drug-likeness (QED) is 0.657. The van der Waals surface area contributed by atoms with Crippen molar-refractivity contribution in [3.8, 4) is 16.2 Å². The predicted molar refractivity (Wildman–Crippen MR) is 75.9 cm³/mol. The molecule has 2 aromatic rings. The minimum absolute atomic E-state index is 0.189. The topological polar surface area (TPSA) is 60.2 Å². The van der Waals surface area contributed by atoms with Crippen LogP contribution in [0.25, 0.3) is 10.4 Å². The number of hydrogen-bond donors (Lipinski definition) is 2. The number of thiazole rings is 1. The molecule has 0 aliphatic rings. The van der Waals surface area contributed by atoms with Crippen LogP contribution in [0.4, 0.5) is 5.13 Å². The number of hydrazine groups is 1. The van der Waals surface area contributed by atoms with Gasteiger partial charge in [0, 0.05) is 0 Å². The van der Waals surface area contributed by atoms with Gasteiger partial charge in [-0.15, -0.1) is 0 Å². The first-order valence-corrected chi connectivity index (χ1v) is 6.63. The fourth-order valence-corrected chi connectivity index (χ4v) is 2.57. The Morgan fingerprint density at radius 3 is 2.44 bits per heavy atom. The Balaban J connectivity index is 2.25. The molecule has 0 saturated heterocycles. The summed E-state index contributed by atoms with van der Waals surface area (Å²) in [4.78, 5) is 5.45. The van der Waals surface area contributed by atoms with Crippen molar-refractivity contribution in [2.75, 3.05) is 5.43 Å². The van der Waals surface area contributed by atoms with Crippen molar-refractivity contribution < 1.29 is 4.74 Å². The average Bonchev–Trinajstić information content (AvgIpc) is 2.71. The van der Waals surface area contributed by atoms with Crippen LogP contribution in [0.15, 0.2) is 24.3 Å². The molecular formula is C13H17N3OS. The highest BCUT2D eigenvalue weighted by Gasteiger charge is 2.09. The summed E-state index contributed by atoms with van der Waals surface area (Å²) in [5, 5.41) is 0.727. The second kappa shape index (κ2) is 5.37. The van der Waals surface area contributed by atoms with Gasteiger partial charge in [-0.3, -0.25) is 5.43 Å². The lowest BCUT2D eigenvalue weighted by Crippen LogP contribution is -2.05. The zero-order valence-corrected chi connectivity index (χ0v) is 11.5. The van der Waals surface area contributed by atoms with Crippen LogP contribution in [-0.2, 0) is 0 Å². The molecule has 5 heteroatoms. The normalized spacial score (nSPS) is 10.7. The number of ether oxygens (including phenoxy) is 1. The summed E-state index contributed by atoms with van der Waals surface area (Å²) >= 11 is 1.54. The summed E-state index contributed by atoms with van der Waals surface area (Å²) in [5.74, 6) is 6.25. The Labute approximate surface area is 111 Å². The van der Waals surface area contributed by atoms with Crippen LogP contribution >= 0.6 is 11.3 Å². The van der Waals surface area contributed by atoms with Crippen LogP contribution in [0.3, 0.4) is 0 Å². The van der Waals surface area contributed by atoms with Gasteiger partial charge in [-0.05, 0) is 50.6 Å². The fraction of sp³-hybridized carbons (Fsp3) is 0.308. The van der Waals surface area contributed by atoms with E-state index in [2.05, 4.69) is 10.4 Å². The SMILES string of the molecule is Cc1nc(NN)sc1-c1ccc(OC(C)C)cc1. The molecule has 96 valence electrons. The summed E-state index contributed by atoms with van der Waals surface area (Å²) in [7, 11) is 0. The summed E-state index contributed by atoms with van der Waals surface area (Å²) in [5.41, 5.74) is 4.68.